The van der Waals surface area contributed by atoms with Crippen LogP contribution in [0.2, 0.25) is 0 Å². The number of aryl methyl sites for hydroxylation is 1. The Balaban J connectivity index is 2.11. The molecular weight excluding hydrogens is 369 g/mol. The molecule has 0 aromatic carbocycles. The fourth-order valence-electron chi connectivity index (χ4n) is 3.06. The summed E-state index contributed by atoms with van der Waals surface area (Å²) in [6.07, 6.45) is -3.45. The zero-order valence-corrected chi connectivity index (χ0v) is 15.1. The molecule has 27 heavy (non-hydrogen) atoms. The Morgan fingerprint density at radius 1 is 1.44 bits per heavy atom. The Kier molecular flexibility index (Phi) is 6.34. The quantitative estimate of drug-likeness (QED) is 0.787. The van der Waals surface area contributed by atoms with E-state index in [0.717, 1.165) is 10.8 Å². The van der Waals surface area contributed by atoms with Gasteiger partial charge in [0.15, 0.2) is 5.82 Å². The minimum Gasteiger partial charge on any atom is -0.450 e. The third-order valence-electron chi connectivity index (χ3n) is 4.44. The maximum Gasteiger partial charge on any atom is 0.425 e. The predicted molar refractivity (Wildman–Crippen MR) is 87.5 cm³/mol. The number of carbonyl (C=O) groups is 2. The fourth-order valence-corrected chi connectivity index (χ4v) is 3.06. The molecule has 11 heteroatoms. The molecule has 8 nitrogen and oxygen atoms in total. The Morgan fingerprint density at radius 2 is 2.15 bits per heavy atom. The van der Waals surface area contributed by atoms with Crippen molar-refractivity contribution in [3.63, 3.8) is 0 Å². The molecule has 2 atom stereocenters. The highest BCUT2D eigenvalue weighted by Crippen LogP contribution is 2.41. The van der Waals surface area contributed by atoms with Gasteiger partial charge in [-0.3, -0.25) is 4.79 Å². The number of piperidine rings is 1. The van der Waals surface area contributed by atoms with Crippen LogP contribution in [0.1, 0.15) is 32.0 Å². The summed E-state index contributed by atoms with van der Waals surface area (Å²) in [5.74, 6) is -1.52. The van der Waals surface area contributed by atoms with Gasteiger partial charge in [0.2, 0.25) is 11.5 Å². The first-order valence-corrected chi connectivity index (χ1v) is 8.56. The van der Waals surface area contributed by atoms with Crippen molar-refractivity contribution in [1.82, 2.24) is 19.8 Å². The smallest absolute Gasteiger partial charge is 0.425 e. The van der Waals surface area contributed by atoms with Gasteiger partial charge >= 0.3 is 12.3 Å². The molecule has 1 aromatic rings. The van der Waals surface area contributed by atoms with E-state index < -0.39 is 42.1 Å². The van der Waals surface area contributed by atoms with Gasteiger partial charge in [0, 0.05) is 38.6 Å². The zero-order valence-electron chi connectivity index (χ0n) is 15.1. The summed E-state index contributed by atoms with van der Waals surface area (Å²) in [7, 11) is 1.31. The molecule has 1 aromatic heterocycles. The SMILES string of the molecule is CCOC(=O)NC1CCCN(C(=O)CC(O)(c2nccn2C)C(F)(F)F)C1. The normalized spacial score (nSPS) is 20.1. The van der Waals surface area contributed by atoms with Gasteiger partial charge in [-0.2, -0.15) is 13.2 Å². The number of hydrogen-bond acceptors (Lipinski definition) is 5. The Hall–Kier alpha value is -2.30. The van der Waals surface area contributed by atoms with Crippen LogP contribution in [0.3, 0.4) is 0 Å². The maximum absolute atomic E-state index is 13.6. The molecule has 152 valence electrons. The average Bonchev–Trinajstić information content (AvgIpc) is 3.00. The lowest BCUT2D eigenvalue weighted by Crippen LogP contribution is -2.53. The third kappa shape index (κ3) is 4.71. The van der Waals surface area contributed by atoms with Crippen molar-refractivity contribution in [2.45, 2.75) is 44.0 Å². The number of halogens is 3. The van der Waals surface area contributed by atoms with Crippen LogP contribution in [-0.4, -0.2) is 63.5 Å². The average molecular weight is 392 g/mol. The predicted octanol–water partition coefficient (Wildman–Crippen LogP) is 1.30. The minimum atomic E-state index is -5.08. The van der Waals surface area contributed by atoms with Crippen LogP contribution in [0, 0.1) is 0 Å². The topological polar surface area (TPSA) is 96.7 Å². The molecule has 2 unspecified atom stereocenters. The second kappa shape index (κ2) is 8.15. The van der Waals surface area contributed by atoms with Gasteiger partial charge in [0.25, 0.3) is 0 Å². The first kappa shape index (κ1) is 21.0. The molecule has 0 aliphatic carbocycles. The summed E-state index contributed by atoms with van der Waals surface area (Å²) in [6.45, 7) is 2.12. The van der Waals surface area contributed by atoms with Crippen LogP contribution >= 0.6 is 0 Å². The van der Waals surface area contributed by atoms with Gasteiger partial charge < -0.3 is 24.6 Å². The Morgan fingerprint density at radius 3 is 2.70 bits per heavy atom. The van der Waals surface area contributed by atoms with Gasteiger partial charge in [0.1, 0.15) is 0 Å². The highest BCUT2D eigenvalue weighted by Gasteiger charge is 2.59. The number of rotatable bonds is 5. The third-order valence-corrected chi connectivity index (χ3v) is 4.44. The maximum atomic E-state index is 13.6. The standard InChI is InChI=1S/C16H23F3N4O4/c1-3-27-14(25)21-11-5-4-7-23(10-11)12(24)9-15(26,16(17,18)19)13-20-6-8-22(13)2/h6,8,11,26H,3-5,7,9-10H2,1-2H3,(H,21,25). The van der Waals surface area contributed by atoms with E-state index in [1.165, 1.54) is 18.1 Å². The molecule has 1 saturated heterocycles. The summed E-state index contributed by atoms with van der Waals surface area (Å²) in [5.41, 5.74) is -3.40. The number of aromatic nitrogens is 2. The number of alkyl halides is 3. The summed E-state index contributed by atoms with van der Waals surface area (Å²) in [4.78, 5) is 28.8. The molecule has 0 radical (unpaired) electrons. The number of nitrogens with zero attached hydrogens (tertiary/aromatic N) is 3. The Bertz CT molecular complexity index is 679. The summed E-state index contributed by atoms with van der Waals surface area (Å²) in [6, 6.07) is -0.422. The van der Waals surface area contributed by atoms with Gasteiger partial charge in [-0.05, 0) is 19.8 Å². The largest absolute Gasteiger partial charge is 0.450 e. The van der Waals surface area contributed by atoms with E-state index in [9.17, 15) is 27.9 Å². The molecule has 2 N–H and O–H groups in total. The van der Waals surface area contributed by atoms with Gasteiger partial charge in [-0.15, -0.1) is 0 Å². The zero-order chi connectivity index (χ0) is 20.2. The van der Waals surface area contributed by atoms with Gasteiger partial charge in [-0.1, -0.05) is 0 Å². The minimum absolute atomic E-state index is 0.0478. The molecule has 0 spiro atoms. The first-order valence-electron chi connectivity index (χ1n) is 8.56. The van der Waals surface area contributed by atoms with E-state index >= 15 is 0 Å². The van der Waals surface area contributed by atoms with E-state index in [0.29, 0.717) is 12.8 Å². The van der Waals surface area contributed by atoms with Crippen molar-refractivity contribution < 1.29 is 32.6 Å². The number of aliphatic hydroxyl groups is 1. The molecule has 2 amide bonds. The van der Waals surface area contributed by atoms with Gasteiger partial charge in [0.05, 0.1) is 13.0 Å². The molecule has 1 fully saturated rings. The van der Waals surface area contributed by atoms with Crippen LogP contribution in [0.4, 0.5) is 18.0 Å². The monoisotopic (exact) mass is 392 g/mol. The van der Waals surface area contributed by atoms with E-state index in [-0.39, 0.29) is 19.7 Å². The van der Waals surface area contributed by atoms with Crippen molar-refractivity contribution in [3.05, 3.63) is 18.2 Å². The molecule has 0 saturated carbocycles. The second-order valence-corrected chi connectivity index (χ2v) is 6.44. The van der Waals surface area contributed by atoms with E-state index in [1.54, 1.807) is 6.92 Å². The summed E-state index contributed by atoms with van der Waals surface area (Å²) in [5, 5.41) is 12.9. The van der Waals surface area contributed by atoms with Crippen molar-refractivity contribution in [2.75, 3.05) is 19.7 Å². The van der Waals surface area contributed by atoms with Crippen LogP contribution in [0.15, 0.2) is 12.4 Å². The van der Waals surface area contributed by atoms with Crippen LogP contribution in [0.5, 0.6) is 0 Å². The van der Waals surface area contributed by atoms with E-state index in [1.807, 2.05) is 0 Å². The van der Waals surface area contributed by atoms with Crippen LogP contribution < -0.4 is 5.32 Å². The Labute approximate surface area is 154 Å². The second-order valence-electron chi connectivity index (χ2n) is 6.44. The fraction of sp³-hybridized carbons (Fsp3) is 0.688. The first-order chi connectivity index (χ1) is 12.6. The van der Waals surface area contributed by atoms with Crippen LogP contribution in [-0.2, 0) is 22.2 Å². The van der Waals surface area contributed by atoms with E-state index in [2.05, 4.69) is 10.3 Å². The summed E-state index contributed by atoms with van der Waals surface area (Å²) >= 11 is 0. The van der Waals surface area contributed by atoms with Crippen molar-refractivity contribution in [3.8, 4) is 0 Å². The highest BCUT2D eigenvalue weighted by molar-refractivity contribution is 5.78. The summed E-state index contributed by atoms with van der Waals surface area (Å²) < 4.78 is 46.5. The number of alkyl carbamates (subject to hydrolysis) is 1. The number of carbonyl (C=O) groups excluding carboxylic acids is 2. The van der Waals surface area contributed by atoms with E-state index in [4.69, 9.17) is 4.74 Å². The number of nitrogens with one attached hydrogen (secondary N) is 1. The molecule has 2 rings (SSSR count). The van der Waals surface area contributed by atoms with Crippen LogP contribution in [0.25, 0.3) is 0 Å². The highest BCUT2D eigenvalue weighted by atomic mass is 19.4. The molecule has 1 aliphatic rings. The number of ether oxygens (including phenoxy) is 1. The number of likely N-dealkylation sites (tertiary alicyclic amines) is 1. The lowest BCUT2D eigenvalue weighted by atomic mass is 9.95. The lowest BCUT2D eigenvalue weighted by Gasteiger charge is -2.36. The van der Waals surface area contributed by atoms with Crippen molar-refractivity contribution in [2.24, 2.45) is 7.05 Å². The number of imidazole rings is 1. The molecule has 0 bridgehead atoms. The van der Waals surface area contributed by atoms with Crippen molar-refractivity contribution in [1.29, 1.82) is 0 Å². The molecule has 2 heterocycles. The number of hydrogen-bond donors (Lipinski definition) is 2. The van der Waals surface area contributed by atoms with Gasteiger partial charge in [-0.25, -0.2) is 9.78 Å². The molecule has 1 aliphatic heterocycles. The lowest BCUT2D eigenvalue weighted by molar-refractivity contribution is -0.272. The number of amides is 2. The van der Waals surface area contributed by atoms with Crippen molar-refractivity contribution >= 4 is 12.0 Å². The molecular formula is C16H23F3N4O4.